The van der Waals surface area contributed by atoms with Gasteiger partial charge in [0.15, 0.2) is 11.5 Å². The smallest absolute Gasteiger partial charge is 0.256 e. The van der Waals surface area contributed by atoms with Crippen LogP contribution in [-0.4, -0.2) is 87.2 Å². The minimum atomic E-state index is -0.364. The zero-order valence-corrected chi connectivity index (χ0v) is 29.0. The minimum absolute atomic E-state index is 0.0122. The van der Waals surface area contributed by atoms with E-state index in [0.29, 0.717) is 65.2 Å². The van der Waals surface area contributed by atoms with E-state index in [-0.39, 0.29) is 23.7 Å². The number of benzene rings is 2. The topological polar surface area (TPSA) is 151 Å². The van der Waals surface area contributed by atoms with E-state index >= 15 is 0 Å². The Labute approximate surface area is 301 Å². The maximum atomic E-state index is 13.0. The Morgan fingerprint density at radius 1 is 1.02 bits per heavy atom. The second kappa shape index (κ2) is 15.3. The molecule has 4 heterocycles. The summed E-state index contributed by atoms with van der Waals surface area (Å²) in [5.74, 6) is 2.36. The van der Waals surface area contributed by atoms with Crippen LogP contribution in [0.25, 0.3) is 11.0 Å². The first kappa shape index (κ1) is 34.2. The van der Waals surface area contributed by atoms with Crippen LogP contribution in [0.4, 0.5) is 11.6 Å². The molecule has 264 valence electrons. The maximum Gasteiger partial charge on any atom is 0.256 e. The number of nitriles is 1. The molecule has 0 bridgehead atoms. The molecule has 52 heavy (non-hydrogen) atoms. The van der Waals surface area contributed by atoms with Crippen LogP contribution in [0, 0.1) is 11.3 Å². The molecule has 7 rings (SSSR count). The Hall–Kier alpha value is -6.26. The number of methoxy groups -OCH3 is 1. The molecule has 3 aromatic heterocycles. The number of carbonyl (C=O) groups excluding carboxylic acids is 2. The van der Waals surface area contributed by atoms with E-state index in [1.807, 2.05) is 46.0 Å². The monoisotopic (exact) mass is 697 g/mol. The van der Waals surface area contributed by atoms with Gasteiger partial charge in [0, 0.05) is 61.8 Å². The lowest BCUT2D eigenvalue weighted by Crippen LogP contribution is -2.30. The Morgan fingerprint density at radius 2 is 1.79 bits per heavy atom. The van der Waals surface area contributed by atoms with Gasteiger partial charge < -0.3 is 25.0 Å². The normalized spacial score (nSPS) is 15.6. The zero-order chi connectivity index (χ0) is 36.0. The van der Waals surface area contributed by atoms with Crippen molar-refractivity contribution in [3.05, 3.63) is 108 Å². The molecule has 5 aromatic rings. The number of anilines is 2. The lowest BCUT2D eigenvalue weighted by molar-refractivity contribution is -0.125. The Kier molecular flexibility index (Phi) is 10.1. The minimum Gasteiger partial charge on any atom is -0.497 e. The third kappa shape index (κ3) is 8.03. The van der Waals surface area contributed by atoms with Crippen LogP contribution in [0.3, 0.4) is 0 Å². The first-order valence-corrected chi connectivity index (χ1v) is 17.2. The van der Waals surface area contributed by atoms with Gasteiger partial charge in [0.1, 0.15) is 28.5 Å². The average Bonchev–Trinajstić information content (AvgIpc) is 3.83. The largest absolute Gasteiger partial charge is 0.497 e. The van der Waals surface area contributed by atoms with E-state index in [1.54, 1.807) is 55.8 Å². The molecule has 2 amide bonds. The molecule has 0 radical (unpaired) electrons. The van der Waals surface area contributed by atoms with Gasteiger partial charge in [0.2, 0.25) is 5.91 Å². The second-order valence-corrected chi connectivity index (χ2v) is 13.0. The molecule has 1 aliphatic carbocycles. The molecule has 2 aromatic carbocycles. The highest BCUT2D eigenvalue weighted by Gasteiger charge is 2.28. The summed E-state index contributed by atoms with van der Waals surface area (Å²) >= 11 is 0. The molecule has 0 unspecified atom stereocenters. The first-order chi connectivity index (χ1) is 25.4. The lowest BCUT2D eigenvalue weighted by Gasteiger charge is -2.16. The van der Waals surface area contributed by atoms with Crippen LogP contribution in [0.1, 0.15) is 40.7 Å². The van der Waals surface area contributed by atoms with Crippen molar-refractivity contribution in [3.8, 4) is 23.3 Å². The van der Waals surface area contributed by atoms with Gasteiger partial charge in [-0.1, -0.05) is 18.2 Å². The highest BCUT2D eigenvalue weighted by molar-refractivity contribution is 6.04. The van der Waals surface area contributed by atoms with E-state index in [1.165, 1.54) is 25.1 Å². The van der Waals surface area contributed by atoms with Gasteiger partial charge in [-0.05, 0) is 80.4 Å². The van der Waals surface area contributed by atoms with Crippen LogP contribution in [0.5, 0.6) is 17.2 Å². The average molecular weight is 698 g/mol. The summed E-state index contributed by atoms with van der Waals surface area (Å²) < 4.78 is 13.6. The molecule has 0 spiro atoms. The number of ether oxygens (including phenoxy) is 2. The van der Waals surface area contributed by atoms with Gasteiger partial charge in [-0.2, -0.15) is 10.4 Å². The molecule has 1 saturated heterocycles. The molecule has 2 fully saturated rings. The number of aromatic nitrogens is 4. The van der Waals surface area contributed by atoms with Crippen molar-refractivity contribution < 1.29 is 19.1 Å². The SMILES string of the molecule is COc1ccc(Cn2nc(N[C@@H]3CCN(C(=O)/C=C/CN(C)C4CC4)C3)c3c(Oc4ccc(C(=O)Nc5cc(C#N)ccn5)cc4)ccnc32)cc1. The summed E-state index contributed by atoms with van der Waals surface area (Å²) in [4.78, 5) is 38.9. The van der Waals surface area contributed by atoms with E-state index in [0.717, 1.165) is 24.3 Å². The van der Waals surface area contributed by atoms with Crippen molar-refractivity contribution >= 4 is 34.5 Å². The Bertz CT molecular complexity index is 2140. The fourth-order valence-electron chi connectivity index (χ4n) is 6.19. The summed E-state index contributed by atoms with van der Waals surface area (Å²) in [7, 11) is 3.73. The molecule has 1 aliphatic heterocycles. The summed E-state index contributed by atoms with van der Waals surface area (Å²) in [5, 5.41) is 21.1. The van der Waals surface area contributed by atoms with Crippen LogP contribution < -0.4 is 20.1 Å². The number of carbonyl (C=O) groups is 2. The number of hydrogen-bond acceptors (Lipinski definition) is 10. The van der Waals surface area contributed by atoms with Crippen molar-refractivity contribution in [3.63, 3.8) is 0 Å². The van der Waals surface area contributed by atoms with Gasteiger partial charge in [0.25, 0.3) is 5.91 Å². The summed E-state index contributed by atoms with van der Waals surface area (Å²) in [6.45, 7) is 2.42. The van der Waals surface area contributed by atoms with Gasteiger partial charge in [-0.3, -0.25) is 14.5 Å². The van der Waals surface area contributed by atoms with Gasteiger partial charge in [-0.15, -0.1) is 0 Å². The number of pyridine rings is 2. The number of fused-ring (bicyclic) bond motifs is 1. The van der Waals surface area contributed by atoms with Crippen molar-refractivity contribution in [2.75, 3.05) is 44.4 Å². The predicted molar refractivity (Wildman–Crippen MR) is 196 cm³/mol. The maximum absolute atomic E-state index is 13.0. The molecule has 2 aliphatic rings. The summed E-state index contributed by atoms with van der Waals surface area (Å²) in [6.07, 6.45) is 10.0. The van der Waals surface area contributed by atoms with Gasteiger partial charge in [-0.25, -0.2) is 14.6 Å². The van der Waals surface area contributed by atoms with Crippen LogP contribution in [-0.2, 0) is 11.3 Å². The number of hydrogen-bond donors (Lipinski definition) is 2. The Morgan fingerprint density at radius 3 is 2.54 bits per heavy atom. The molecule has 2 N–H and O–H groups in total. The van der Waals surface area contributed by atoms with Gasteiger partial charge >= 0.3 is 0 Å². The quantitative estimate of drug-likeness (QED) is 0.152. The number of rotatable bonds is 13. The van der Waals surface area contributed by atoms with Crippen molar-refractivity contribution in [1.29, 1.82) is 5.26 Å². The lowest BCUT2D eigenvalue weighted by atomic mass is 10.2. The number of nitrogens with one attached hydrogen (secondary N) is 2. The highest BCUT2D eigenvalue weighted by atomic mass is 16.5. The first-order valence-electron chi connectivity index (χ1n) is 17.2. The summed E-state index contributed by atoms with van der Waals surface area (Å²) in [6, 6.07) is 22.1. The van der Waals surface area contributed by atoms with Crippen LogP contribution >= 0.6 is 0 Å². The van der Waals surface area contributed by atoms with Crippen LogP contribution in [0.2, 0.25) is 0 Å². The highest BCUT2D eigenvalue weighted by Crippen LogP contribution is 2.35. The standard InChI is InChI=1S/C39H39N9O4/c1-46(30-9-10-30)20-3-4-35(49)47-21-17-29(25-47)43-37-36-33(16-19-42-38(36)48(45-37)24-26-5-11-31(51-2)12-6-26)52-32-13-7-28(8-14-32)39(50)44-34-22-27(23-40)15-18-41-34/h3-8,11-16,18-19,22,29-30H,9-10,17,20-21,24-25H2,1-2H3,(H,43,45)(H,41,44,50)/b4-3+/t29-/m1/s1. The molecule has 13 nitrogen and oxygen atoms in total. The van der Waals surface area contributed by atoms with E-state index in [9.17, 15) is 9.59 Å². The van der Waals surface area contributed by atoms with Crippen molar-refractivity contribution in [1.82, 2.24) is 29.5 Å². The number of likely N-dealkylation sites (tertiary alicyclic amines) is 1. The summed E-state index contributed by atoms with van der Waals surface area (Å²) in [5.41, 5.74) is 2.45. The van der Waals surface area contributed by atoms with Gasteiger partial charge in [0.05, 0.1) is 25.3 Å². The van der Waals surface area contributed by atoms with E-state index < -0.39 is 0 Å². The second-order valence-electron chi connectivity index (χ2n) is 13.0. The van der Waals surface area contributed by atoms with Crippen molar-refractivity contribution in [2.24, 2.45) is 0 Å². The molecule has 1 saturated carbocycles. The molecule has 13 heteroatoms. The number of nitrogens with zero attached hydrogens (tertiary/aromatic N) is 7. The third-order valence-electron chi connectivity index (χ3n) is 9.23. The predicted octanol–water partition coefficient (Wildman–Crippen LogP) is 5.46. The third-order valence-corrected chi connectivity index (χ3v) is 9.23. The Balaban J connectivity index is 1.10. The molecular formula is C39H39N9O4. The number of amides is 2. The number of likely N-dealkylation sites (N-methyl/N-ethyl adjacent to an activating group) is 1. The molecular weight excluding hydrogens is 658 g/mol. The fourth-order valence-corrected chi connectivity index (χ4v) is 6.19. The van der Waals surface area contributed by atoms with Crippen molar-refractivity contribution in [2.45, 2.75) is 37.9 Å². The van der Waals surface area contributed by atoms with E-state index in [2.05, 4.69) is 27.6 Å². The zero-order valence-electron chi connectivity index (χ0n) is 29.0. The molecule has 1 atom stereocenters. The van der Waals surface area contributed by atoms with Crippen LogP contribution in [0.15, 0.2) is 91.3 Å². The fraction of sp³-hybridized carbons (Fsp3) is 0.282. The van der Waals surface area contributed by atoms with E-state index in [4.69, 9.17) is 24.8 Å².